The van der Waals surface area contributed by atoms with Gasteiger partial charge in [-0.05, 0) is 60.4 Å². The summed E-state index contributed by atoms with van der Waals surface area (Å²) in [5, 5.41) is 3.15. The van der Waals surface area contributed by atoms with Crippen molar-refractivity contribution in [2.45, 2.75) is 33.0 Å². The maximum Gasteiger partial charge on any atom is 0.417 e. The number of hydrogen-bond donors (Lipinski definition) is 1. The second-order valence-electron chi connectivity index (χ2n) is 7.76. The van der Waals surface area contributed by atoms with Gasteiger partial charge >= 0.3 is 6.18 Å². The topological polar surface area (TPSA) is 21.3 Å². The molecule has 1 N–H and O–H groups in total. The van der Waals surface area contributed by atoms with E-state index in [1.165, 1.54) is 19.2 Å². The Hall–Kier alpha value is -2.57. The third kappa shape index (κ3) is 6.06. The molecule has 33 heavy (non-hydrogen) atoms. The molecule has 6 heteroatoms. The van der Waals surface area contributed by atoms with Gasteiger partial charge in [-0.25, -0.2) is 0 Å². The summed E-state index contributed by atoms with van der Waals surface area (Å²) in [4.78, 5) is 0. The number of ether oxygens (including phenoxy) is 1. The van der Waals surface area contributed by atoms with Gasteiger partial charge in [0.15, 0.2) is 0 Å². The highest BCUT2D eigenvalue weighted by Gasteiger charge is 2.35. The van der Waals surface area contributed by atoms with E-state index in [2.05, 4.69) is 21.2 Å². The number of rotatable bonds is 8. The molecule has 0 fully saturated rings. The van der Waals surface area contributed by atoms with Crippen molar-refractivity contribution in [2.24, 2.45) is 0 Å². The minimum atomic E-state index is -4.51. The van der Waals surface area contributed by atoms with Crippen LogP contribution in [0, 0.1) is 6.92 Å². The van der Waals surface area contributed by atoms with Crippen molar-refractivity contribution in [1.29, 1.82) is 0 Å². The smallest absolute Gasteiger partial charge is 0.417 e. The number of benzene rings is 3. The monoisotopic (exact) mass is 517 g/mol. The number of nitrogens with one attached hydrogen (secondary N) is 1. The van der Waals surface area contributed by atoms with Crippen molar-refractivity contribution < 1.29 is 17.9 Å². The first kappa shape index (κ1) is 25.1. The molecule has 0 aliphatic heterocycles. The van der Waals surface area contributed by atoms with Gasteiger partial charge in [-0.3, -0.25) is 0 Å². The molecule has 3 aromatic rings. The molecule has 0 aliphatic carbocycles. The number of halogens is 4. The second kappa shape index (κ2) is 11.0. The summed E-state index contributed by atoms with van der Waals surface area (Å²) in [6.45, 7) is 5.00. The Labute approximate surface area is 201 Å². The summed E-state index contributed by atoms with van der Waals surface area (Å²) < 4.78 is 47.8. The van der Waals surface area contributed by atoms with Gasteiger partial charge in [0.25, 0.3) is 0 Å². The molecule has 2 nitrogen and oxygen atoms in total. The molecule has 0 spiro atoms. The molecule has 3 rings (SSSR count). The molecule has 0 radical (unpaired) electrons. The zero-order valence-electron chi connectivity index (χ0n) is 18.9. The molecule has 0 saturated carbocycles. The summed E-state index contributed by atoms with van der Waals surface area (Å²) in [7, 11) is 1.47. The predicted molar refractivity (Wildman–Crippen MR) is 133 cm³/mol. The van der Waals surface area contributed by atoms with Crippen molar-refractivity contribution in [3.8, 4) is 16.9 Å². The minimum absolute atomic E-state index is 0.0445. The van der Waals surface area contributed by atoms with E-state index >= 15 is 0 Å². The Morgan fingerprint density at radius 3 is 2.42 bits per heavy atom. The van der Waals surface area contributed by atoms with E-state index in [0.29, 0.717) is 28.9 Å². The van der Waals surface area contributed by atoms with Gasteiger partial charge in [-0.15, -0.1) is 0 Å². The summed E-state index contributed by atoms with van der Waals surface area (Å²) >= 11 is 3.42. The maximum atomic E-state index is 14.0. The number of hydrogen-bond acceptors (Lipinski definition) is 2. The van der Waals surface area contributed by atoms with Crippen LogP contribution in [0.1, 0.15) is 41.2 Å². The van der Waals surface area contributed by atoms with Crippen LogP contribution in [0.5, 0.6) is 5.75 Å². The lowest BCUT2D eigenvalue weighted by Crippen LogP contribution is -2.16. The Morgan fingerprint density at radius 1 is 1.06 bits per heavy atom. The Morgan fingerprint density at radius 2 is 1.79 bits per heavy atom. The van der Waals surface area contributed by atoms with E-state index in [4.69, 9.17) is 4.74 Å². The van der Waals surface area contributed by atoms with Gasteiger partial charge in [0.1, 0.15) is 5.75 Å². The van der Waals surface area contributed by atoms with Crippen LogP contribution < -0.4 is 10.1 Å². The van der Waals surface area contributed by atoms with Gasteiger partial charge < -0.3 is 10.1 Å². The Bertz CT molecular complexity index is 1120. The molecule has 0 atom stereocenters. The fourth-order valence-electron chi connectivity index (χ4n) is 3.74. The highest BCUT2D eigenvalue weighted by Crippen LogP contribution is 2.41. The van der Waals surface area contributed by atoms with Gasteiger partial charge in [-0.1, -0.05) is 71.4 Å². The quantitative estimate of drug-likeness (QED) is 0.241. The van der Waals surface area contributed by atoms with Gasteiger partial charge in [0.2, 0.25) is 0 Å². The van der Waals surface area contributed by atoms with E-state index in [1.807, 2.05) is 62.4 Å². The summed E-state index contributed by atoms with van der Waals surface area (Å²) in [5.41, 5.74) is 3.74. The fourth-order valence-corrected chi connectivity index (χ4v) is 4.31. The van der Waals surface area contributed by atoms with Crippen molar-refractivity contribution in [1.82, 2.24) is 5.32 Å². The molecule has 0 aliphatic rings. The van der Waals surface area contributed by atoms with Crippen molar-refractivity contribution in [3.63, 3.8) is 0 Å². The van der Waals surface area contributed by atoms with Crippen LogP contribution in [-0.4, -0.2) is 13.7 Å². The van der Waals surface area contributed by atoms with E-state index in [9.17, 15) is 13.2 Å². The van der Waals surface area contributed by atoms with E-state index in [-0.39, 0.29) is 5.56 Å². The molecule has 3 aromatic carbocycles. The molecular weight excluding hydrogens is 491 g/mol. The second-order valence-corrected chi connectivity index (χ2v) is 8.62. The third-order valence-corrected chi connectivity index (χ3v) is 6.12. The number of alkyl halides is 3. The molecule has 174 valence electrons. The first-order valence-electron chi connectivity index (χ1n) is 10.8. The SMILES string of the molecule is CCCNCc1cc(C(F)(F)F)c(/C(Br)=C/c2cccc(-c3ccccc3)c2C)cc1OC. The summed E-state index contributed by atoms with van der Waals surface area (Å²) in [5.74, 6) is 0.418. The van der Waals surface area contributed by atoms with Crippen molar-refractivity contribution in [3.05, 3.63) is 88.5 Å². The molecule has 0 bridgehead atoms. The lowest BCUT2D eigenvalue weighted by Gasteiger charge is -2.18. The molecule has 0 aromatic heterocycles. The fraction of sp³-hybridized carbons (Fsp3) is 0.259. The molecule has 0 saturated heterocycles. The van der Waals surface area contributed by atoms with Crippen molar-refractivity contribution in [2.75, 3.05) is 13.7 Å². The zero-order chi connectivity index (χ0) is 24.0. The van der Waals surface area contributed by atoms with Crippen LogP contribution in [0.25, 0.3) is 21.7 Å². The highest BCUT2D eigenvalue weighted by atomic mass is 79.9. The normalized spacial score (nSPS) is 12.2. The van der Waals surface area contributed by atoms with Crippen LogP contribution in [0.15, 0.2) is 60.7 Å². The van der Waals surface area contributed by atoms with Crippen LogP contribution in [-0.2, 0) is 12.7 Å². The number of methoxy groups -OCH3 is 1. The third-order valence-electron chi connectivity index (χ3n) is 5.47. The average molecular weight is 518 g/mol. The first-order valence-corrected chi connectivity index (χ1v) is 11.6. The summed E-state index contributed by atoms with van der Waals surface area (Å²) in [6.07, 6.45) is -1.88. The standard InChI is InChI=1S/C27H27BrF3NO/c1-4-13-32-17-21-14-24(27(29,30)31)23(16-26(21)33-3)25(28)15-20-11-8-12-22(18(20)2)19-9-6-5-7-10-19/h5-12,14-16,32H,4,13,17H2,1-3H3/b25-15-. The largest absolute Gasteiger partial charge is 0.496 e. The molecule has 0 heterocycles. The maximum absolute atomic E-state index is 14.0. The molecule has 0 unspecified atom stereocenters. The van der Waals surface area contributed by atoms with Crippen LogP contribution in [0.2, 0.25) is 0 Å². The van der Waals surface area contributed by atoms with Crippen LogP contribution >= 0.6 is 15.9 Å². The Balaban J connectivity index is 2.08. The summed E-state index contributed by atoms with van der Waals surface area (Å²) in [6, 6.07) is 18.4. The average Bonchev–Trinajstić information content (AvgIpc) is 2.80. The minimum Gasteiger partial charge on any atom is -0.496 e. The lowest BCUT2D eigenvalue weighted by molar-refractivity contribution is -0.137. The molecule has 0 amide bonds. The zero-order valence-corrected chi connectivity index (χ0v) is 20.5. The Kier molecular flexibility index (Phi) is 8.38. The van der Waals surface area contributed by atoms with Crippen LogP contribution in [0.4, 0.5) is 13.2 Å². The van der Waals surface area contributed by atoms with Gasteiger partial charge in [0.05, 0.1) is 12.7 Å². The van der Waals surface area contributed by atoms with E-state index in [0.717, 1.165) is 28.7 Å². The van der Waals surface area contributed by atoms with E-state index < -0.39 is 11.7 Å². The van der Waals surface area contributed by atoms with Crippen molar-refractivity contribution >= 4 is 26.5 Å². The van der Waals surface area contributed by atoms with Gasteiger partial charge in [-0.2, -0.15) is 13.2 Å². The van der Waals surface area contributed by atoms with Crippen LogP contribution in [0.3, 0.4) is 0 Å². The highest BCUT2D eigenvalue weighted by molar-refractivity contribution is 9.15. The lowest BCUT2D eigenvalue weighted by atomic mass is 9.95. The van der Waals surface area contributed by atoms with E-state index in [1.54, 1.807) is 6.08 Å². The molecular formula is C27H27BrF3NO. The van der Waals surface area contributed by atoms with Gasteiger partial charge in [0, 0.05) is 22.2 Å². The first-order chi connectivity index (χ1) is 15.8. The predicted octanol–water partition coefficient (Wildman–Crippen LogP) is 8.08.